The average molecular weight is 576 g/mol. The second-order valence-electron chi connectivity index (χ2n) is 9.51. The van der Waals surface area contributed by atoms with Crippen LogP contribution in [0.15, 0.2) is 83.8 Å². The van der Waals surface area contributed by atoms with Crippen LogP contribution in [-0.4, -0.2) is 49.8 Å². The molecule has 1 aliphatic heterocycles. The van der Waals surface area contributed by atoms with E-state index < -0.39 is 33.2 Å². The molecule has 11 heteroatoms. The molecule has 0 aromatic heterocycles. The first-order valence-electron chi connectivity index (χ1n) is 12.6. The molecule has 4 rings (SSSR count). The molecule has 212 valence electrons. The number of hydrogen-bond acceptors (Lipinski definition) is 7. The number of likely N-dealkylation sites (tertiary alicyclic amines) is 1. The zero-order chi connectivity index (χ0) is 28.8. The van der Waals surface area contributed by atoms with Crippen LogP contribution in [0.4, 0.5) is 13.2 Å². The first-order valence-corrected chi connectivity index (χ1v) is 14.2. The van der Waals surface area contributed by atoms with Gasteiger partial charge in [-0.15, -0.1) is 0 Å². The Morgan fingerprint density at radius 3 is 2.15 bits per heavy atom. The number of carbonyl (C=O) groups excluding carboxylic acids is 2. The summed E-state index contributed by atoms with van der Waals surface area (Å²) in [5.41, 5.74) is 2.69. The standard InChI is InChI=1S/C29H28F3NO6S/c30-29(31,32)28(35)39-27(34)15-12-21-10-13-24(14-11-21)38-20-23-8-6-22(7-9-23)18-33-17-16-26(19-33)40(36,37)25-4-2-1-3-5-25/h1-11,13-14,26H,12,15-20H2. The summed E-state index contributed by atoms with van der Waals surface area (Å²) in [5, 5.41) is -0.415. The van der Waals surface area contributed by atoms with Gasteiger partial charge in [0.05, 0.1) is 16.6 Å². The number of hydrogen-bond donors (Lipinski definition) is 0. The lowest BCUT2D eigenvalue weighted by molar-refractivity contribution is -0.201. The number of nitrogens with zero attached hydrogens (tertiary/aromatic N) is 1. The van der Waals surface area contributed by atoms with Gasteiger partial charge >= 0.3 is 18.1 Å². The van der Waals surface area contributed by atoms with Crippen LogP contribution in [0.25, 0.3) is 0 Å². The molecule has 40 heavy (non-hydrogen) atoms. The van der Waals surface area contributed by atoms with Crippen molar-refractivity contribution in [2.45, 2.75) is 48.7 Å². The summed E-state index contributed by atoms with van der Waals surface area (Å²) in [6, 6.07) is 23.2. The highest BCUT2D eigenvalue weighted by molar-refractivity contribution is 7.92. The fourth-order valence-corrected chi connectivity index (χ4v) is 6.12. The summed E-state index contributed by atoms with van der Waals surface area (Å²) in [5.74, 6) is -3.19. The molecule has 0 spiro atoms. The van der Waals surface area contributed by atoms with Gasteiger partial charge in [0, 0.05) is 13.1 Å². The van der Waals surface area contributed by atoms with E-state index in [4.69, 9.17) is 4.74 Å². The number of carbonyl (C=O) groups is 2. The lowest BCUT2D eigenvalue weighted by Crippen LogP contribution is -2.28. The summed E-state index contributed by atoms with van der Waals surface area (Å²) in [4.78, 5) is 24.6. The van der Waals surface area contributed by atoms with E-state index in [1.165, 1.54) is 0 Å². The Labute approximate surface area is 230 Å². The maximum absolute atomic E-state index is 12.9. The van der Waals surface area contributed by atoms with Crippen molar-refractivity contribution in [3.63, 3.8) is 0 Å². The highest BCUT2D eigenvalue weighted by atomic mass is 32.2. The van der Waals surface area contributed by atoms with E-state index >= 15 is 0 Å². The van der Waals surface area contributed by atoms with E-state index in [0.29, 0.717) is 48.9 Å². The molecule has 1 aliphatic rings. The molecular weight excluding hydrogens is 547 g/mol. The van der Waals surface area contributed by atoms with Gasteiger partial charge in [-0.25, -0.2) is 13.2 Å². The Morgan fingerprint density at radius 1 is 0.875 bits per heavy atom. The molecule has 0 amide bonds. The van der Waals surface area contributed by atoms with Crippen molar-refractivity contribution in [3.05, 3.63) is 95.6 Å². The van der Waals surface area contributed by atoms with E-state index in [0.717, 1.165) is 11.1 Å². The number of benzene rings is 3. The van der Waals surface area contributed by atoms with Crippen LogP contribution in [0.2, 0.25) is 0 Å². The number of sulfone groups is 1. The smallest absolute Gasteiger partial charge is 0.489 e. The minimum absolute atomic E-state index is 0.113. The van der Waals surface area contributed by atoms with Gasteiger partial charge in [0.15, 0.2) is 9.84 Å². The molecule has 7 nitrogen and oxygen atoms in total. The Morgan fingerprint density at radius 2 is 1.50 bits per heavy atom. The highest BCUT2D eigenvalue weighted by Gasteiger charge is 2.42. The number of rotatable bonds is 10. The molecule has 3 aromatic carbocycles. The van der Waals surface area contributed by atoms with Crippen molar-refractivity contribution in [2.75, 3.05) is 13.1 Å². The zero-order valence-electron chi connectivity index (χ0n) is 21.5. The van der Waals surface area contributed by atoms with Crippen molar-refractivity contribution in [2.24, 2.45) is 0 Å². The van der Waals surface area contributed by atoms with Gasteiger partial charge < -0.3 is 9.47 Å². The predicted octanol–water partition coefficient (Wildman–Crippen LogP) is 4.88. The van der Waals surface area contributed by atoms with Crippen molar-refractivity contribution < 1.29 is 40.7 Å². The summed E-state index contributed by atoms with van der Waals surface area (Å²) in [6.45, 7) is 2.17. The summed E-state index contributed by atoms with van der Waals surface area (Å²) in [6.07, 6.45) is -4.86. The van der Waals surface area contributed by atoms with E-state index in [2.05, 4.69) is 9.64 Å². The number of halogens is 3. The first-order chi connectivity index (χ1) is 19.0. The SMILES string of the molecule is O=C(CCc1ccc(OCc2ccc(CN3CCC(S(=O)(=O)c4ccccc4)C3)cc2)cc1)OC(=O)C(F)(F)F. The Balaban J connectivity index is 1.21. The van der Waals surface area contributed by atoms with Gasteiger partial charge in [-0.05, 0) is 60.3 Å². The molecule has 0 saturated carbocycles. The fraction of sp³-hybridized carbons (Fsp3) is 0.310. The van der Waals surface area contributed by atoms with Crippen molar-refractivity contribution in [1.29, 1.82) is 0 Å². The molecule has 1 unspecified atom stereocenters. The van der Waals surface area contributed by atoms with Crippen molar-refractivity contribution in [3.8, 4) is 5.75 Å². The lowest BCUT2D eigenvalue weighted by Gasteiger charge is -2.17. The zero-order valence-corrected chi connectivity index (χ0v) is 22.3. The number of alkyl halides is 3. The second kappa shape index (κ2) is 12.6. The molecule has 0 radical (unpaired) electrons. The van der Waals surface area contributed by atoms with Gasteiger partial charge in [-0.3, -0.25) is 9.69 Å². The van der Waals surface area contributed by atoms with Gasteiger partial charge in [-0.1, -0.05) is 54.6 Å². The second-order valence-corrected chi connectivity index (χ2v) is 11.7. The van der Waals surface area contributed by atoms with E-state index in [-0.39, 0.29) is 12.8 Å². The average Bonchev–Trinajstić information content (AvgIpc) is 3.41. The van der Waals surface area contributed by atoms with Gasteiger partial charge in [0.25, 0.3) is 0 Å². The molecule has 0 N–H and O–H groups in total. The van der Waals surface area contributed by atoms with Crippen LogP contribution in [0.1, 0.15) is 29.5 Å². The van der Waals surface area contributed by atoms with Crippen molar-refractivity contribution >= 4 is 21.8 Å². The molecule has 0 bridgehead atoms. The van der Waals surface area contributed by atoms with E-state index in [1.54, 1.807) is 54.6 Å². The van der Waals surface area contributed by atoms with Crippen molar-refractivity contribution in [1.82, 2.24) is 4.90 Å². The third-order valence-corrected chi connectivity index (χ3v) is 8.75. The summed E-state index contributed by atoms with van der Waals surface area (Å²) >= 11 is 0. The van der Waals surface area contributed by atoms with Gasteiger partial charge in [0.1, 0.15) is 12.4 Å². The maximum atomic E-state index is 12.9. The molecule has 1 saturated heterocycles. The van der Waals surface area contributed by atoms with E-state index in [1.807, 2.05) is 24.3 Å². The summed E-state index contributed by atoms with van der Waals surface area (Å²) in [7, 11) is -3.35. The Bertz CT molecular complexity index is 1410. The van der Waals surface area contributed by atoms with E-state index in [9.17, 15) is 31.2 Å². The van der Waals surface area contributed by atoms with Gasteiger partial charge in [0.2, 0.25) is 0 Å². The monoisotopic (exact) mass is 575 g/mol. The molecule has 1 atom stereocenters. The highest BCUT2D eigenvalue weighted by Crippen LogP contribution is 2.25. The topological polar surface area (TPSA) is 90.0 Å². The quantitative estimate of drug-likeness (QED) is 0.252. The number of aryl methyl sites for hydroxylation is 1. The van der Waals surface area contributed by atoms with Crippen LogP contribution in [-0.2, 0) is 43.7 Å². The molecule has 1 fully saturated rings. The first kappa shape index (κ1) is 29.3. The van der Waals surface area contributed by atoms with Crippen LogP contribution in [0, 0.1) is 0 Å². The van der Waals surface area contributed by atoms with Gasteiger partial charge in [-0.2, -0.15) is 13.2 Å². The Hall–Kier alpha value is -3.70. The molecule has 0 aliphatic carbocycles. The predicted molar refractivity (Wildman–Crippen MR) is 140 cm³/mol. The summed E-state index contributed by atoms with van der Waals surface area (Å²) < 4.78 is 71.8. The molecule has 3 aromatic rings. The lowest BCUT2D eigenvalue weighted by atomic mass is 10.1. The van der Waals surface area contributed by atoms with Crippen LogP contribution in [0.3, 0.4) is 0 Å². The minimum Gasteiger partial charge on any atom is -0.489 e. The maximum Gasteiger partial charge on any atom is 0.491 e. The number of ether oxygens (including phenoxy) is 2. The third kappa shape index (κ3) is 7.92. The fourth-order valence-electron chi connectivity index (χ4n) is 4.37. The molecule has 1 heterocycles. The molecular formula is C29H28F3NO6S. The Kier molecular flexibility index (Phi) is 9.26. The number of esters is 2. The largest absolute Gasteiger partial charge is 0.491 e. The normalized spacial score (nSPS) is 16.0. The van der Waals surface area contributed by atoms with Crippen LogP contribution in [0.5, 0.6) is 5.75 Å². The third-order valence-electron chi connectivity index (χ3n) is 6.55. The minimum atomic E-state index is -5.21. The van der Waals surface area contributed by atoms with Crippen LogP contribution >= 0.6 is 0 Å². The van der Waals surface area contributed by atoms with Crippen LogP contribution < -0.4 is 4.74 Å².